The minimum Gasteiger partial charge on any atom is -0.364 e. The lowest BCUT2D eigenvalue weighted by molar-refractivity contribution is -0.0679. The third-order valence-corrected chi connectivity index (χ3v) is 7.34. The molecule has 10 nitrogen and oxygen atoms in total. The van der Waals surface area contributed by atoms with Gasteiger partial charge in [-0.25, -0.2) is 19.5 Å². The largest absolute Gasteiger partial charge is 0.472 e. The van der Waals surface area contributed by atoms with E-state index in [9.17, 15) is 9.46 Å². The van der Waals surface area contributed by atoms with Gasteiger partial charge in [-0.05, 0) is 45.0 Å². The highest BCUT2D eigenvalue weighted by Crippen LogP contribution is 2.53. The van der Waals surface area contributed by atoms with E-state index < -0.39 is 26.3 Å². The average molecular weight is 512 g/mol. The van der Waals surface area contributed by atoms with E-state index in [1.807, 2.05) is 49.6 Å². The van der Waals surface area contributed by atoms with Gasteiger partial charge in [-0.2, -0.15) is 0 Å². The number of phosphoric ester groups is 1. The van der Waals surface area contributed by atoms with Gasteiger partial charge in [-0.3, -0.25) is 13.6 Å². The van der Waals surface area contributed by atoms with Gasteiger partial charge in [-0.1, -0.05) is 23.4 Å². The highest BCUT2D eigenvalue weighted by Gasteiger charge is 2.47. The van der Waals surface area contributed by atoms with E-state index in [0.717, 1.165) is 4.90 Å². The summed E-state index contributed by atoms with van der Waals surface area (Å²) in [6.07, 6.45) is 0.279. The summed E-state index contributed by atoms with van der Waals surface area (Å²) >= 11 is 7.48. The molecule has 2 aliphatic rings. The zero-order valence-corrected chi connectivity index (χ0v) is 20.6. The SMILES string of the molecule is CC(C)(C)Nc1ncnc2c1nc(Sc1ccc(Cl)cc1)n2[C@H]1C[C@@H]2OP(=O)(O)OC[C@H]2O1. The number of benzene rings is 1. The highest BCUT2D eigenvalue weighted by molar-refractivity contribution is 7.99. The molecule has 1 aromatic carbocycles. The summed E-state index contributed by atoms with van der Waals surface area (Å²) in [5.41, 5.74) is 0.957. The van der Waals surface area contributed by atoms with Crippen molar-refractivity contribution in [2.24, 2.45) is 0 Å². The van der Waals surface area contributed by atoms with Crippen LogP contribution in [0.5, 0.6) is 0 Å². The molecule has 1 unspecified atom stereocenters. The molecule has 2 aromatic heterocycles. The molecular weight excluding hydrogens is 489 g/mol. The summed E-state index contributed by atoms with van der Waals surface area (Å²) in [5.74, 6) is 0.610. The second kappa shape index (κ2) is 8.49. The number of aromatic nitrogens is 4. The van der Waals surface area contributed by atoms with Crippen molar-refractivity contribution in [1.29, 1.82) is 0 Å². The number of fused-ring (bicyclic) bond motifs is 2. The standard InChI is InChI=1S/C20H23ClN5O5PS/c1-20(2,3)25-17-16-18(23-10-22-17)26(19(24-16)33-12-6-4-11(21)5-7-12)15-8-13-14(30-15)9-29-32(27,28)31-13/h4-7,10,13-15H,8-9H2,1-3H3,(H,27,28)(H,22,23,25)/t13-,14+,15+/m0/s1. The normalized spacial score (nSPS) is 27.6. The van der Waals surface area contributed by atoms with Crippen molar-refractivity contribution in [3.05, 3.63) is 35.6 Å². The third-order valence-electron chi connectivity index (χ3n) is 5.10. The van der Waals surface area contributed by atoms with Crippen molar-refractivity contribution < 1.29 is 23.2 Å². The molecule has 0 radical (unpaired) electrons. The summed E-state index contributed by atoms with van der Waals surface area (Å²) in [4.78, 5) is 24.4. The second-order valence-corrected chi connectivity index (χ2v) is 11.7. The first kappa shape index (κ1) is 23.0. The average Bonchev–Trinajstić information content (AvgIpc) is 3.28. The van der Waals surface area contributed by atoms with Crippen molar-refractivity contribution in [2.75, 3.05) is 11.9 Å². The maximum atomic E-state index is 11.9. The summed E-state index contributed by atoms with van der Waals surface area (Å²) in [7, 11) is -4.07. The van der Waals surface area contributed by atoms with Crippen molar-refractivity contribution in [3.63, 3.8) is 0 Å². The summed E-state index contributed by atoms with van der Waals surface area (Å²) < 4.78 is 30.1. The Morgan fingerprint density at radius 2 is 2.00 bits per heavy atom. The van der Waals surface area contributed by atoms with Crippen LogP contribution in [0.1, 0.15) is 33.4 Å². The minimum atomic E-state index is -4.07. The second-order valence-electron chi connectivity index (χ2n) is 8.86. The number of nitrogens with one attached hydrogen (secondary N) is 1. The number of hydrogen-bond acceptors (Lipinski definition) is 9. The van der Waals surface area contributed by atoms with Crippen LogP contribution < -0.4 is 5.32 Å². The van der Waals surface area contributed by atoms with Crippen LogP contribution in [0.25, 0.3) is 11.2 Å². The molecular formula is C20H23ClN5O5PS. The first-order chi connectivity index (χ1) is 15.6. The van der Waals surface area contributed by atoms with Gasteiger partial charge in [0.05, 0.1) is 6.61 Å². The van der Waals surface area contributed by atoms with Crippen LogP contribution in [0.4, 0.5) is 5.82 Å². The third kappa shape index (κ3) is 4.90. The van der Waals surface area contributed by atoms with Crippen molar-refractivity contribution in [2.45, 2.75) is 61.2 Å². The molecule has 0 saturated carbocycles. The van der Waals surface area contributed by atoms with Gasteiger partial charge in [0.2, 0.25) is 0 Å². The minimum absolute atomic E-state index is 0.0208. The molecule has 0 aliphatic carbocycles. The number of ether oxygens (including phenoxy) is 1. The predicted molar refractivity (Wildman–Crippen MR) is 123 cm³/mol. The maximum Gasteiger partial charge on any atom is 0.472 e. The lowest BCUT2D eigenvalue weighted by Crippen LogP contribution is -2.32. The van der Waals surface area contributed by atoms with Crippen LogP contribution in [0.15, 0.2) is 40.6 Å². The van der Waals surface area contributed by atoms with E-state index >= 15 is 0 Å². The van der Waals surface area contributed by atoms with Crippen LogP contribution >= 0.6 is 31.2 Å². The maximum absolute atomic E-state index is 11.9. The van der Waals surface area contributed by atoms with Crippen LogP contribution in [0.3, 0.4) is 0 Å². The molecule has 5 rings (SSSR count). The van der Waals surface area contributed by atoms with E-state index in [2.05, 4.69) is 15.3 Å². The smallest absolute Gasteiger partial charge is 0.364 e. The van der Waals surface area contributed by atoms with Gasteiger partial charge >= 0.3 is 7.82 Å². The molecule has 2 saturated heterocycles. The fraction of sp³-hybridized carbons (Fsp3) is 0.450. The molecule has 4 atom stereocenters. The number of rotatable bonds is 4. The Morgan fingerprint density at radius 3 is 2.73 bits per heavy atom. The number of phosphoric acid groups is 1. The zero-order chi connectivity index (χ0) is 23.4. The molecule has 0 amide bonds. The summed E-state index contributed by atoms with van der Waals surface area (Å²) in [6.45, 7) is 6.09. The van der Waals surface area contributed by atoms with Gasteiger partial charge in [-0.15, -0.1) is 0 Å². The van der Waals surface area contributed by atoms with E-state index in [1.54, 1.807) is 0 Å². The Bertz CT molecular complexity index is 1230. The summed E-state index contributed by atoms with van der Waals surface area (Å²) in [6, 6.07) is 7.44. The Balaban J connectivity index is 1.57. The number of halogens is 1. The predicted octanol–water partition coefficient (Wildman–Crippen LogP) is 4.64. The quantitative estimate of drug-likeness (QED) is 0.479. The van der Waals surface area contributed by atoms with Gasteiger partial charge < -0.3 is 14.9 Å². The van der Waals surface area contributed by atoms with Crippen LogP contribution in [0.2, 0.25) is 5.02 Å². The van der Waals surface area contributed by atoms with Gasteiger partial charge in [0.15, 0.2) is 22.1 Å². The molecule has 13 heteroatoms. The molecule has 0 spiro atoms. The van der Waals surface area contributed by atoms with E-state index in [0.29, 0.717) is 33.6 Å². The summed E-state index contributed by atoms with van der Waals surface area (Å²) in [5, 5.41) is 4.66. The van der Waals surface area contributed by atoms with Crippen LogP contribution in [-0.4, -0.2) is 48.8 Å². The van der Waals surface area contributed by atoms with Gasteiger partial charge in [0.1, 0.15) is 24.8 Å². The number of anilines is 1. The van der Waals surface area contributed by atoms with E-state index in [1.165, 1.54) is 18.1 Å². The van der Waals surface area contributed by atoms with Crippen molar-refractivity contribution in [1.82, 2.24) is 19.5 Å². The molecule has 33 heavy (non-hydrogen) atoms. The number of nitrogens with zero attached hydrogens (tertiary/aromatic N) is 4. The zero-order valence-electron chi connectivity index (χ0n) is 18.1. The Labute approximate surface area is 199 Å². The molecule has 2 N–H and O–H groups in total. The molecule has 3 aromatic rings. The van der Waals surface area contributed by atoms with E-state index in [-0.39, 0.29) is 12.1 Å². The number of imidazole rings is 1. The number of hydrogen-bond donors (Lipinski definition) is 2. The van der Waals surface area contributed by atoms with E-state index in [4.69, 9.17) is 30.4 Å². The molecule has 0 bridgehead atoms. The fourth-order valence-electron chi connectivity index (χ4n) is 3.76. The first-order valence-electron chi connectivity index (χ1n) is 10.3. The Hall–Kier alpha value is -1.72. The lowest BCUT2D eigenvalue weighted by atomic mass is 10.1. The topological polar surface area (TPSA) is 121 Å². The highest BCUT2D eigenvalue weighted by atomic mass is 35.5. The molecule has 2 aliphatic heterocycles. The molecule has 176 valence electrons. The monoisotopic (exact) mass is 511 g/mol. The van der Waals surface area contributed by atoms with Crippen LogP contribution in [0, 0.1) is 0 Å². The molecule has 4 heterocycles. The van der Waals surface area contributed by atoms with Crippen molar-refractivity contribution in [3.8, 4) is 0 Å². The van der Waals surface area contributed by atoms with Gasteiger partial charge in [0.25, 0.3) is 0 Å². The Morgan fingerprint density at radius 1 is 1.24 bits per heavy atom. The first-order valence-corrected chi connectivity index (χ1v) is 13.0. The molecule has 2 fully saturated rings. The van der Waals surface area contributed by atoms with Crippen molar-refractivity contribution >= 4 is 48.2 Å². The van der Waals surface area contributed by atoms with Crippen LogP contribution in [-0.2, 0) is 18.3 Å². The fourth-order valence-corrected chi connectivity index (χ4v) is 5.77. The lowest BCUT2D eigenvalue weighted by Gasteiger charge is -2.26. The van der Waals surface area contributed by atoms with Gasteiger partial charge in [0, 0.05) is 21.9 Å². The Kier molecular flexibility index (Phi) is 5.93.